The first-order valence-electron chi connectivity index (χ1n) is 5.58. The van der Waals surface area contributed by atoms with Gasteiger partial charge in [-0.25, -0.2) is 0 Å². The number of likely N-dealkylation sites (tertiary alicyclic amines) is 1. The van der Waals surface area contributed by atoms with Gasteiger partial charge in [0.15, 0.2) is 0 Å². The first kappa shape index (κ1) is 11.5. The second kappa shape index (κ2) is 6.00. The summed E-state index contributed by atoms with van der Waals surface area (Å²) in [5, 5.41) is 8.71. The summed E-state index contributed by atoms with van der Waals surface area (Å²) in [6, 6.07) is 2.29. The zero-order valence-electron chi connectivity index (χ0n) is 9.08. The van der Waals surface area contributed by atoms with Crippen LogP contribution in [-0.4, -0.2) is 31.1 Å². The molecule has 0 aliphatic carbocycles. The molecule has 1 saturated heterocycles. The number of hydrogen-bond acceptors (Lipinski definition) is 3. The molecule has 0 aromatic heterocycles. The van der Waals surface area contributed by atoms with Crippen LogP contribution in [0.15, 0.2) is 0 Å². The van der Waals surface area contributed by atoms with Crippen molar-refractivity contribution in [2.24, 2.45) is 17.6 Å². The minimum Gasteiger partial charge on any atom is -0.330 e. The van der Waals surface area contributed by atoms with E-state index in [9.17, 15) is 0 Å². The maximum absolute atomic E-state index is 8.71. The first-order chi connectivity index (χ1) is 6.76. The molecule has 1 unspecified atom stereocenters. The lowest BCUT2D eigenvalue weighted by molar-refractivity contribution is 0.170. The molecule has 1 heterocycles. The van der Waals surface area contributed by atoms with Crippen LogP contribution >= 0.6 is 0 Å². The molecule has 1 fully saturated rings. The van der Waals surface area contributed by atoms with Crippen LogP contribution in [0.2, 0.25) is 0 Å². The molecule has 80 valence electrons. The molecule has 0 amide bonds. The molecule has 0 bridgehead atoms. The number of hydrogen-bond donors (Lipinski definition) is 1. The lowest BCUT2D eigenvalue weighted by Gasteiger charge is -2.32. The summed E-state index contributed by atoms with van der Waals surface area (Å²) in [5.41, 5.74) is 5.54. The van der Waals surface area contributed by atoms with Crippen LogP contribution in [0.4, 0.5) is 0 Å². The van der Waals surface area contributed by atoms with Gasteiger partial charge in [0.05, 0.1) is 12.0 Å². The average molecular weight is 195 g/mol. The van der Waals surface area contributed by atoms with Gasteiger partial charge in [0, 0.05) is 6.54 Å². The third-order valence-corrected chi connectivity index (χ3v) is 3.03. The van der Waals surface area contributed by atoms with E-state index >= 15 is 0 Å². The summed E-state index contributed by atoms with van der Waals surface area (Å²) in [4.78, 5) is 2.40. The predicted molar refractivity (Wildman–Crippen MR) is 57.6 cm³/mol. The van der Waals surface area contributed by atoms with Gasteiger partial charge in [-0.3, -0.25) is 0 Å². The van der Waals surface area contributed by atoms with Crippen LogP contribution in [0.25, 0.3) is 0 Å². The fourth-order valence-corrected chi connectivity index (χ4v) is 2.12. The van der Waals surface area contributed by atoms with Crippen molar-refractivity contribution in [2.75, 3.05) is 26.2 Å². The average Bonchev–Trinajstić information content (AvgIpc) is 2.21. The van der Waals surface area contributed by atoms with E-state index in [4.69, 9.17) is 11.0 Å². The summed E-state index contributed by atoms with van der Waals surface area (Å²) in [5.74, 6) is 0.995. The number of nitrogens with two attached hydrogens (primary N) is 1. The van der Waals surface area contributed by atoms with Crippen molar-refractivity contribution >= 4 is 0 Å². The molecule has 3 nitrogen and oxygen atoms in total. The molecule has 2 N–H and O–H groups in total. The van der Waals surface area contributed by atoms with Gasteiger partial charge in [0.1, 0.15) is 0 Å². The van der Waals surface area contributed by atoms with E-state index in [1.54, 1.807) is 0 Å². The molecule has 0 saturated carbocycles. The van der Waals surface area contributed by atoms with Crippen molar-refractivity contribution in [3.63, 3.8) is 0 Å². The minimum absolute atomic E-state index is 0.168. The zero-order chi connectivity index (χ0) is 10.4. The standard InChI is InChI=1S/C11H21N3/c1-10(8-13)9-14-6-3-11(2-5-12)4-7-14/h10-11H,2-7,9,12H2,1H3. The Morgan fingerprint density at radius 2 is 2.14 bits per heavy atom. The van der Waals surface area contributed by atoms with Gasteiger partial charge in [-0.1, -0.05) is 0 Å². The molecule has 0 radical (unpaired) electrons. The summed E-state index contributed by atoms with van der Waals surface area (Å²) in [6.07, 6.45) is 3.69. The van der Waals surface area contributed by atoms with Crippen molar-refractivity contribution in [3.8, 4) is 6.07 Å². The highest BCUT2D eigenvalue weighted by Crippen LogP contribution is 2.20. The normalized spacial score (nSPS) is 21.8. The molecule has 1 aliphatic heterocycles. The lowest BCUT2D eigenvalue weighted by atomic mass is 9.93. The van der Waals surface area contributed by atoms with Crippen LogP contribution in [0.3, 0.4) is 0 Å². The highest BCUT2D eigenvalue weighted by Gasteiger charge is 2.19. The Balaban J connectivity index is 2.19. The van der Waals surface area contributed by atoms with Gasteiger partial charge in [0.25, 0.3) is 0 Å². The third-order valence-electron chi connectivity index (χ3n) is 3.03. The smallest absolute Gasteiger partial charge is 0.0666 e. The third kappa shape index (κ3) is 3.65. The minimum atomic E-state index is 0.168. The zero-order valence-corrected chi connectivity index (χ0v) is 9.08. The van der Waals surface area contributed by atoms with Crippen LogP contribution in [0.5, 0.6) is 0 Å². The van der Waals surface area contributed by atoms with Gasteiger partial charge >= 0.3 is 0 Å². The van der Waals surface area contributed by atoms with Gasteiger partial charge in [-0.2, -0.15) is 5.26 Å². The summed E-state index contributed by atoms with van der Waals surface area (Å²) in [6.45, 7) is 6.05. The van der Waals surface area contributed by atoms with Gasteiger partial charge < -0.3 is 10.6 Å². The van der Waals surface area contributed by atoms with E-state index in [1.807, 2.05) is 6.92 Å². The molecule has 0 aromatic rings. The lowest BCUT2D eigenvalue weighted by Crippen LogP contribution is -2.36. The molecule has 1 aliphatic rings. The van der Waals surface area contributed by atoms with E-state index in [-0.39, 0.29) is 5.92 Å². The van der Waals surface area contributed by atoms with Crippen molar-refractivity contribution in [3.05, 3.63) is 0 Å². The highest BCUT2D eigenvalue weighted by molar-refractivity contribution is 4.83. The van der Waals surface area contributed by atoms with Crippen molar-refractivity contribution < 1.29 is 0 Å². The Bertz CT molecular complexity index is 189. The van der Waals surface area contributed by atoms with Crippen molar-refractivity contribution in [1.82, 2.24) is 4.90 Å². The summed E-state index contributed by atoms with van der Waals surface area (Å²) in [7, 11) is 0. The summed E-state index contributed by atoms with van der Waals surface area (Å²) < 4.78 is 0. The monoisotopic (exact) mass is 195 g/mol. The Morgan fingerprint density at radius 1 is 1.50 bits per heavy atom. The fourth-order valence-electron chi connectivity index (χ4n) is 2.12. The highest BCUT2D eigenvalue weighted by atomic mass is 15.1. The van der Waals surface area contributed by atoms with Crippen LogP contribution < -0.4 is 5.73 Å². The molecule has 14 heavy (non-hydrogen) atoms. The van der Waals surface area contributed by atoms with Crippen LogP contribution in [0.1, 0.15) is 26.2 Å². The number of rotatable bonds is 4. The maximum Gasteiger partial charge on any atom is 0.0666 e. The largest absolute Gasteiger partial charge is 0.330 e. The Kier molecular flexibility index (Phi) is 4.92. The molecular formula is C11H21N3. The first-order valence-corrected chi connectivity index (χ1v) is 5.58. The molecule has 1 rings (SSSR count). The molecule has 0 aromatic carbocycles. The van der Waals surface area contributed by atoms with E-state index in [1.165, 1.54) is 19.3 Å². The Hall–Kier alpha value is -0.590. The number of piperidine rings is 1. The molecule has 3 heteroatoms. The second-order valence-corrected chi connectivity index (χ2v) is 4.35. The van der Waals surface area contributed by atoms with Crippen molar-refractivity contribution in [2.45, 2.75) is 26.2 Å². The SMILES string of the molecule is CC(C#N)CN1CCC(CCN)CC1. The van der Waals surface area contributed by atoms with E-state index in [0.29, 0.717) is 0 Å². The van der Waals surface area contributed by atoms with Gasteiger partial charge in [0.2, 0.25) is 0 Å². The van der Waals surface area contributed by atoms with Gasteiger partial charge in [-0.15, -0.1) is 0 Å². The number of nitrogens with zero attached hydrogens (tertiary/aromatic N) is 2. The predicted octanol–water partition coefficient (Wildman–Crippen LogP) is 1.21. The quantitative estimate of drug-likeness (QED) is 0.733. The van der Waals surface area contributed by atoms with Gasteiger partial charge in [-0.05, 0) is 51.7 Å². The number of nitriles is 1. The van der Waals surface area contributed by atoms with E-state index in [0.717, 1.165) is 32.1 Å². The molecule has 0 spiro atoms. The molecule has 1 atom stereocenters. The van der Waals surface area contributed by atoms with E-state index < -0.39 is 0 Å². The fraction of sp³-hybridized carbons (Fsp3) is 0.909. The second-order valence-electron chi connectivity index (χ2n) is 4.35. The summed E-state index contributed by atoms with van der Waals surface area (Å²) >= 11 is 0. The van der Waals surface area contributed by atoms with Crippen molar-refractivity contribution in [1.29, 1.82) is 5.26 Å². The maximum atomic E-state index is 8.71. The Labute approximate surface area is 86.9 Å². The topological polar surface area (TPSA) is 53.0 Å². The van der Waals surface area contributed by atoms with E-state index in [2.05, 4.69) is 11.0 Å². The Morgan fingerprint density at radius 3 is 2.64 bits per heavy atom. The van der Waals surface area contributed by atoms with Crippen LogP contribution in [-0.2, 0) is 0 Å². The molecular weight excluding hydrogens is 174 g/mol. The van der Waals surface area contributed by atoms with Crippen LogP contribution in [0, 0.1) is 23.2 Å².